The van der Waals surface area contributed by atoms with Crippen LogP contribution in [0.15, 0.2) is 4.99 Å². The van der Waals surface area contributed by atoms with Gasteiger partial charge in [0, 0.05) is 33.4 Å². The summed E-state index contributed by atoms with van der Waals surface area (Å²) < 4.78 is 10.6. The lowest BCUT2D eigenvalue weighted by Gasteiger charge is -2.12. The van der Waals surface area contributed by atoms with E-state index in [1.807, 2.05) is 0 Å². The smallest absolute Gasteiger partial charge is 0.191 e. The zero-order chi connectivity index (χ0) is 13.8. The Bertz CT molecular complexity index is 241. The van der Waals surface area contributed by atoms with Crippen molar-refractivity contribution < 1.29 is 9.47 Å². The van der Waals surface area contributed by atoms with Gasteiger partial charge < -0.3 is 20.1 Å². The second-order valence-corrected chi connectivity index (χ2v) is 4.83. The highest BCUT2D eigenvalue weighted by Gasteiger charge is 2.14. The average Bonchev–Trinajstić information content (AvgIpc) is 2.93. The van der Waals surface area contributed by atoms with Gasteiger partial charge in [-0.15, -0.1) is 0 Å². The van der Waals surface area contributed by atoms with E-state index in [0.29, 0.717) is 6.10 Å². The Labute approximate surface area is 117 Å². The first-order chi connectivity index (χ1) is 9.36. The Morgan fingerprint density at radius 3 is 2.89 bits per heavy atom. The highest BCUT2D eigenvalue weighted by molar-refractivity contribution is 5.79. The molecule has 0 aromatic rings. The molecule has 1 aliphatic heterocycles. The molecule has 0 aromatic carbocycles. The van der Waals surface area contributed by atoms with Gasteiger partial charge in [-0.25, -0.2) is 0 Å². The molecule has 0 aliphatic carbocycles. The van der Waals surface area contributed by atoms with Crippen LogP contribution in [0.5, 0.6) is 0 Å². The Morgan fingerprint density at radius 1 is 1.32 bits per heavy atom. The normalized spacial score (nSPS) is 19.7. The Balaban J connectivity index is 2.13. The van der Waals surface area contributed by atoms with Crippen LogP contribution in [0, 0.1) is 0 Å². The second kappa shape index (κ2) is 11.1. The van der Waals surface area contributed by atoms with Crippen LogP contribution in [0.1, 0.15) is 39.0 Å². The van der Waals surface area contributed by atoms with Gasteiger partial charge in [0.2, 0.25) is 0 Å². The fourth-order valence-electron chi connectivity index (χ4n) is 2.08. The van der Waals surface area contributed by atoms with Gasteiger partial charge >= 0.3 is 0 Å². The van der Waals surface area contributed by atoms with E-state index < -0.39 is 0 Å². The van der Waals surface area contributed by atoms with Crippen LogP contribution in [0.4, 0.5) is 0 Å². The van der Waals surface area contributed by atoms with Gasteiger partial charge in [0.25, 0.3) is 0 Å². The molecule has 0 bridgehead atoms. The molecule has 112 valence electrons. The van der Waals surface area contributed by atoms with Crippen molar-refractivity contribution in [3.05, 3.63) is 0 Å². The van der Waals surface area contributed by atoms with E-state index in [1.165, 1.54) is 12.8 Å². The predicted molar refractivity (Wildman–Crippen MR) is 78.7 cm³/mol. The molecule has 1 fully saturated rings. The highest BCUT2D eigenvalue weighted by Crippen LogP contribution is 2.11. The van der Waals surface area contributed by atoms with E-state index in [2.05, 4.69) is 22.5 Å². The third-order valence-electron chi connectivity index (χ3n) is 3.14. The van der Waals surface area contributed by atoms with Crippen molar-refractivity contribution in [2.24, 2.45) is 4.99 Å². The Kier molecular flexibility index (Phi) is 9.45. The molecule has 5 nitrogen and oxygen atoms in total. The zero-order valence-corrected chi connectivity index (χ0v) is 12.4. The minimum atomic E-state index is 0.317. The Morgan fingerprint density at radius 2 is 2.21 bits per heavy atom. The SMILES string of the molecule is CCNC(=NCC1CCCO1)NCCCCCOC. The number of aliphatic imine (C=N–C) groups is 1. The average molecular weight is 271 g/mol. The van der Waals surface area contributed by atoms with Crippen molar-refractivity contribution in [1.82, 2.24) is 10.6 Å². The molecule has 0 spiro atoms. The van der Waals surface area contributed by atoms with Crippen LogP contribution in [-0.2, 0) is 9.47 Å². The summed E-state index contributed by atoms with van der Waals surface area (Å²) in [6.07, 6.45) is 6.09. The van der Waals surface area contributed by atoms with E-state index in [1.54, 1.807) is 7.11 Å². The summed E-state index contributed by atoms with van der Waals surface area (Å²) in [6.45, 7) is 6.44. The lowest BCUT2D eigenvalue weighted by molar-refractivity contribution is 0.117. The highest BCUT2D eigenvalue weighted by atomic mass is 16.5. The summed E-state index contributed by atoms with van der Waals surface area (Å²) in [5.41, 5.74) is 0. The summed E-state index contributed by atoms with van der Waals surface area (Å²) in [4.78, 5) is 4.57. The topological polar surface area (TPSA) is 54.9 Å². The molecule has 19 heavy (non-hydrogen) atoms. The maximum atomic E-state index is 5.57. The molecule has 1 unspecified atom stereocenters. The summed E-state index contributed by atoms with van der Waals surface area (Å²) in [6, 6.07) is 0. The molecule has 0 radical (unpaired) electrons. The number of nitrogens with one attached hydrogen (secondary N) is 2. The van der Waals surface area contributed by atoms with Crippen molar-refractivity contribution in [2.45, 2.75) is 45.1 Å². The van der Waals surface area contributed by atoms with E-state index in [4.69, 9.17) is 9.47 Å². The molecule has 0 aromatic heterocycles. The van der Waals surface area contributed by atoms with Crippen LogP contribution in [0.25, 0.3) is 0 Å². The van der Waals surface area contributed by atoms with Crippen LogP contribution in [0.2, 0.25) is 0 Å². The number of hydrogen-bond acceptors (Lipinski definition) is 3. The molecule has 1 rings (SSSR count). The van der Waals surface area contributed by atoms with E-state index in [0.717, 1.165) is 58.1 Å². The van der Waals surface area contributed by atoms with Crippen LogP contribution < -0.4 is 10.6 Å². The summed E-state index contributed by atoms with van der Waals surface area (Å²) in [5.74, 6) is 0.907. The van der Waals surface area contributed by atoms with E-state index in [9.17, 15) is 0 Å². The number of unbranched alkanes of at least 4 members (excludes halogenated alkanes) is 2. The van der Waals surface area contributed by atoms with Crippen molar-refractivity contribution >= 4 is 5.96 Å². The van der Waals surface area contributed by atoms with Gasteiger partial charge in [-0.3, -0.25) is 4.99 Å². The Hall–Kier alpha value is -0.810. The number of guanidine groups is 1. The summed E-state index contributed by atoms with van der Waals surface area (Å²) >= 11 is 0. The minimum absolute atomic E-state index is 0.317. The maximum Gasteiger partial charge on any atom is 0.191 e. The third kappa shape index (κ3) is 8.06. The predicted octanol–water partition coefficient (Wildman–Crippen LogP) is 1.54. The molecule has 1 saturated heterocycles. The molecule has 2 N–H and O–H groups in total. The molecular formula is C14H29N3O2. The first kappa shape index (κ1) is 16.2. The van der Waals surface area contributed by atoms with Crippen LogP contribution >= 0.6 is 0 Å². The quantitative estimate of drug-likeness (QED) is 0.379. The van der Waals surface area contributed by atoms with Crippen LogP contribution in [-0.4, -0.2) is 52.0 Å². The van der Waals surface area contributed by atoms with Gasteiger partial charge in [-0.05, 0) is 39.0 Å². The number of rotatable bonds is 9. The van der Waals surface area contributed by atoms with Crippen molar-refractivity contribution in [1.29, 1.82) is 0 Å². The lowest BCUT2D eigenvalue weighted by atomic mass is 10.2. The standard InChI is InChI=1S/C14H29N3O2/c1-3-15-14(16-9-5-4-6-10-18-2)17-12-13-8-7-11-19-13/h13H,3-12H2,1-2H3,(H2,15,16,17). The number of hydrogen-bond donors (Lipinski definition) is 2. The largest absolute Gasteiger partial charge is 0.385 e. The monoisotopic (exact) mass is 271 g/mol. The lowest BCUT2D eigenvalue weighted by Crippen LogP contribution is -2.38. The molecule has 5 heteroatoms. The van der Waals surface area contributed by atoms with Gasteiger partial charge in [0.1, 0.15) is 0 Å². The van der Waals surface area contributed by atoms with Crippen LogP contribution in [0.3, 0.4) is 0 Å². The third-order valence-corrected chi connectivity index (χ3v) is 3.14. The number of ether oxygens (including phenoxy) is 2. The second-order valence-electron chi connectivity index (χ2n) is 4.83. The maximum absolute atomic E-state index is 5.57. The molecule has 0 amide bonds. The van der Waals surface area contributed by atoms with Crippen molar-refractivity contribution in [3.8, 4) is 0 Å². The van der Waals surface area contributed by atoms with Gasteiger partial charge in [0.15, 0.2) is 5.96 Å². The zero-order valence-electron chi connectivity index (χ0n) is 12.4. The fraction of sp³-hybridized carbons (Fsp3) is 0.929. The molecule has 1 heterocycles. The van der Waals surface area contributed by atoms with E-state index >= 15 is 0 Å². The summed E-state index contributed by atoms with van der Waals surface area (Å²) in [5, 5.41) is 6.63. The van der Waals surface area contributed by atoms with Gasteiger partial charge in [-0.1, -0.05) is 0 Å². The molecular weight excluding hydrogens is 242 g/mol. The molecule has 1 atom stereocenters. The number of nitrogens with zero attached hydrogens (tertiary/aromatic N) is 1. The number of methoxy groups -OCH3 is 1. The first-order valence-electron chi connectivity index (χ1n) is 7.49. The van der Waals surface area contributed by atoms with E-state index in [-0.39, 0.29) is 0 Å². The van der Waals surface area contributed by atoms with Gasteiger partial charge in [-0.2, -0.15) is 0 Å². The first-order valence-corrected chi connectivity index (χ1v) is 7.49. The van der Waals surface area contributed by atoms with Crippen molar-refractivity contribution in [3.63, 3.8) is 0 Å². The molecule has 0 saturated carbocycles. The van der Waals surface area contributed by atoms with Crippen molar-refractivity contribution in [2.75, 3.05) is 40.0 Å². The molecule has 1 aliphatic rings. The minimum Gasteiger partial charge on any atom is -0.385 e. The van der Waals surface area contributed by atoms with Gasteiger partial charge in [0.05, 0.1) is 12.6 Å². The summed E-state index contributed by atoms with van der Waals surface area (Å²) in [7, 11) is 1.75. The fourth-order valence-corrected chi connectivity index (χ4v) is 2.08.